The van der Waals surface area contributed by atoms with Crippen molar-refractivity contribution in [2.75, 3.05) is 57.8 Å². The topological polar surface area (TPSA) is 80.8 Å². The van der Waals surface area contributed by atoms with Crippen LogP contribution >= 0.6 is 0 Å². The predicted molar refractivity (Wildman–Crippen MR) is 105 cm³/mol. The molecule has 0 unspecified atom stereocenters. The smallest absolute Gasteiger partial charge is 0.315 e. The Kier molecular flexibility index (Phi) is 6.86. The highest BCUT2D eigenvalue weighted by Crippen LogP contribution is 2.14. The molecule has 1 aromatic heterocycles. The number of piperazine rings is 1. The predicted octanol–water partition coefficient (Wildman–Crippen LogP) is 0.645. The average Bonchev–Trinajstić information content (AvgIpc) is 3.22. The number of likely N-dealkylation sites (tertiary alicyclic amines) is 1. The van der Waals surface area contributed by atoms with Gasteiger partial charge < -0.3 is 25.3 Å². The van der Waals surface area contributed by atoms with E-state index >= 15 is 0 Å². The number of nitrogens with zero attached hydrogens (tertiary/aromatic N) is 4. The van der Waals surface area contributed by atoms with Crippen LogP contribution in [0.4, 0.5) is 10.6 Å². The molecule has 8 heteroatoms. The first-order valence-electron chi connectivity index (χ1n) is 9.80. The summed E-state index contributed by atoms with van der Waals surface area (Å²) in [6.07, 6.45) is 4.32. The molecule has 0 bridgehead atoms. The van der Waals surface area contributed by atoms with Crippen LogP contribution in [0.15, 0.2) is 18.3 Å². The first-order valence-corrected chi connectivity index (χ1v) is 9.80. The molecule has 148 valence electrons. The number of nitrogens with one attached hydrogen (secondary N) is 2. The van der Waals surface area contributed by atoms with E-state index in [0.29, 0.717) is 19.5 Å². The third kappa shape index (κ3) is 5.82. The molecular formula is C19H30N6O2. The quantitative estimate of drug-likeness (QED) is 0.764. The van der Waals surface area contributed by atoms with Gasteiger partial charge in [0.1, 0.15) is 5.82 Å². The normalized spacial score (nSPS) is 17.8. The van der Waals surface area contributed by atoms with Gasteiger partial charge in [0.05, 0.1) is 0 Å². The summed E-state index contributed by atoms with van der Waals surface area (Å²) in [4.78, 5) is 34.8. The Morgan fingerprint density at radius 2 is 1.81 bits per heavy atom. The molecule has 2 fully saturated rings. The second-order valence-electron chi connectivity index (χ2n) is 7.26. The molecule has 3 rings (SSSR count). The summed E-state index contributed by atoms with van der Waals surface area (Å²) in [6.45, 7) is 6.49. The van der Waals surface area contributed by atoms with Crippen molar-refractivity contribution in [1.82, 2.24) is 25.4 Å². The molecule has 3 amide bonds. The van der Waals surface area contributed by atoms with Crippen molar-refractivity contribution in [3.05, 3.63) is 23.9 Å². The van der Waals surface area contributed by atoms with Gasteiger partial charge in [0.15, 0.2) is 0 Å². The number of pyridine rings is 1. The van der Waals surface area contributed by atoms with Gasteiger partial charge in [-0.15, -0.1) is 0 Å². The number of rotatable bonds is 6. The minimum atomic E-state index is -0.248. The van der Waals surface area contributed by atoms with Crippen molar-refractivity contribution < 1.29 is 9.59 Å². The number of carbonyl (C=O) groups excluding carboxylic acids is 2. The molecule has 2 aliphatic rings. The Hall–Kier alpha value is -2.35. The van der Waals surface area contributed by atoms with Crippen LogP contribution in [-0.4, -0.2) is 79.6 Å². The highest BCUT2D eigenvalue weighted by Gasteiger charge is 2.17. The number of hydrogen-bond donors (Lipinski definition) is 2. The van der Waals surface area contributed by atoms with Gasteiger partial charge in [-0.2, -0.15) is 0 Å². The number of carbonyl (C=O) groups is 2. The van der Waals surface area contributed by atoms with Gasteiger partial charge in [0, 0.05) is 65.0 Å². The summed E-state index contributed by atoms with van der Waals surface area (Å²) < 4.78 is 0. The van der Waals surface area contributed by atoms with Gasteiger partial charge in [-0.05, 0) is 37.6 Å². The molecule has 0 atom stereocenters. The number of likely N-dealkylation sites (N-methyl/N-ethyl adjacent to an activating group) is 1. The van der Waals surface area contributed by atoms with E-state index in [-0.39, 0.29) is 11.9 Å². The largest absolute Gasteiger partial charge is 0.354 e. The van der Waals surface area contributed by atoms with Crippen LogP contribution in [0.3, 0.4) is 0 Å². The lowest BCUT2D eigenvalue weighted by atomic mass is 10.2. The summed E-state index contributed by atoms with van der Waals surface area (Å²) in [7, 11) is 2.13. The maximum atomic E-state index is 12.0. The molecule has 0 radical (unpaired) electrons. The Bertz CT molecular complexity index is 639. The third-order valence-electron chi connectivity index (χ3n) is 5.17. The highest BCUT2D eigenvalue weighted by molar-refractivity contribution is 5.78. The fraction of sp³-hybridized carbons (Fsp3) is 0.632. The van der Waals surface area contributed by atoms with Gasteiger partial charge in [0.25, 0.3) is 0 Å². The zero-order valence-corrected chi connectivity index (χ0v) is 16.1. The molecule has 27 heavy (non-hydrogen) atoms. The van der Waals surface area contributed by atoms with Gasteiger partial charge in [0.2, 0.25) is 5.91 Å². The summed E-state index contributed by atoms with van der Waals surface area (Å²) in [6, 6.07) is 3.70. The van der Waals surface area contributed by atoms with Crippen LogP contribution in [0.25, 0.3) is 0 Å². The molecule has 2 N–H and O–H groups in total. The Morgan fingerprint density at radius 1 is 1.07 bits per heavy atom. The molecule has 3 heterocycles. The third-order valence-corrected chi connectivity index (χ3v) is 5.17. The zero-order chi connectivity index (χ0) is 19.1. The van der Waals surface area contributed by atoms with Crippen molar-refractivity contribution in [2.24, 2.45) is 0 Å². The number of hydrogen-bond acceptors (Lipinski definition) is 5. The number of anilines is 1. The molecule has 0 aromatic carbocycles. The minimum absolute atomic E-state index is 0.124. The standard InChI is InChI=1S/C19H30N6O2/c1-23-10-12-24(13-11-23)17-14-16(4-6-20-17)15-22-19(27)21-7-5-18(26)25-8-2-3-9-25/h4,6,14H,2-3,5,7-13,15H2,1H3,(H2,21,22,27). The van der Waals surface area contributed by atoms with E-state index < -0.39 is 0 Å². The molecular weight excluding hydrogens is 344 g/mol. The van der Waals surface area contributed by atoms with Crippen LogP contribution in [-0.2, 0) is 11.3 Å². The van der Waals surface area contributed by atoms with Crippen LogP contribution in [0.1, 0.15) is 24.8 Å². The average molecular weight is 374 g/mol. The maximum Gasteiger partial charge on any atom is 0.315 e. The van der Waals surface area contributed by atoms with Crippen LogP contribution in [0, 0.1) is 0 Å². The molecule has 2 aliphatic heterocycles. The molecule has 0 saturated carbocycles. The number of amides is 3. The molecule has 0 spiro atoms. The highest BCUT2D eigenvalue weighted by atomic mass is 16.2. The second kappa shape index (κ2) is 9.55. The SMILES string of the molecule is CN1CCN(c2cc(CNC(=O)NCCC(=O)N3CCCC3)ccn2)CC1. The van der Waals surface area contributed by atoms with Gasteiger partial charge in [-0.25, -0.2) is 9.78 Å². The van der Waals surface area contributed by atoms with Crippen LogP contribution < -0.4 is 15.5 Å². The zero-order valence-electron chi connectivity index (χ0n) is 16.1. The van der Waals surface area contributed by atoms with Crippen LogP contribution in [0.2, 0.25) is 0 Å². The van der Waals surface area contributed by atoms with E-state index in [2.05, 4.69) is 32.5 Å². The minimum Gasteiger partial charge on any atom is -0.354 e. The Balaban J connectivity index is 1.38. The summed E-state index contributed by atoms with van der Waals surface area (Å²) in [5, 5.41) is 5.61. The van der Waals surface area contributed by atoms with Crippen molar-refractivity contribution in [3.8, 4) is 0 Å². The summed E-state index contributed by atoms with van der Waals surface area (Å²) in [5.41, 5.74) is 1.02. The molecule has 0 aliphatic carbocycles. The Morgan fingerprint density at radius 3 is 2.56 bits per heavy atom. The van der Waals surface area contributed by atoms with Gasteiger partial charge >= 0.3 is 6.03 Å². The van der Waals surface area contributed by atoms with Gasteiger partial charge in [-0.1, -0.05) is 0 Å². The number of aromatic nitrogens is 1. The van der Waals surface area contributed by atoms with E-state index in [1.165, 1.54) is 0 Å². The van der Waals surface area contributed by atoms with Crippen molar-refractivity contribution in [2.45, 2.75) is 25.8 Å². The van der Waals surface area contributed by atoms with Gasteiger partial charge in [-0.3, -0.25) is 4.79 Å². The van der Waals surface area contributed by atoms with E-state index in [0.717, 1.165) is 63.5 Å². The molecule has 2 saturated heterocycles. The van der Waals surface area contributed by atoms with Crippen LogP contribution in [0.5, 0.6) is 0 Å². The van der Waals surface area contributed by atoms with E-state index in [1.807, 2.05) is 17.0 Å². The van der Waals surface area contributed by atoms with E-state index in [4.69, 9.17) is 0 Å². The van der Waals surface area contributed by atoms with E-state index in [9.17, 15) is 9.59 Å². The number of urea groups is 1. The first kappa shape index (κ1) is 19.4. The lowest BCUT2D eigenvalue weighted by Gasteiger charge is -2.33. The second-order valence-corrected chi connectivity index (χ2v) is 7.26. The van der Waals surface area contributed by atoms with Crippen molar-refractivity contribution >= 4 is 17.8 Å². The monoisotopic (exact) mass is 374 g/mol. The lowest BCUT2D eigenvalue weighted by Crippen LogP contribution is -2.44. The fourth-order valence-corrected chi connectivity index (χ4v) is 3.43. The van der Waals surface area contributed by atoms with Crippen molar-refractivity contribution in [3.63, 3.8) is 0 Å². The van der Waals surface area contributed by atoms with Crippen molar-refractivity contribution in [1.29, 1.82) is 0 Å². The van der Waals surface area contributed by atoms with E-state index in [1.54, 1.807) is 6.20 Å². The Labute approximate surface area is 160 Å². The molecule has 1 aromatic rings. The summed E-state index contributed by atoms with van der Waals surface area (Å²) in [5.74, 6) is 1.08. The maximum absolute atomic E-state index is 12.0. The fourth-order valence-electron chi connectivity index (χ4n) is 3.43. The molecule has 8 nitrogen and oxygen atoms in total. The summed E-state index contributed by atoms with van der Waals surface area (Å²) >= 11 is 0. The first-order chi connectivity index (χ1) is 13.1. The lowest BCUT2D eigenvalue weighted by molar-refractivity contribution is -0.129.